The topological polar surface area (TPSA) is 167 Å². The number of hydrogen-bond donors (Lipinski definition) is 7. The minimum Gasteiger partial charge on any atom is -0.370 e. The monoisotopic (exact) mass is 162 g/mol. The van der Waals surface area contributed by atoms with Crippen molar-refractivity contribution in [2.75, 3.05) is 0 Å². The van der Waals surface area contributed by atoms with Crippen LogP contribution in [0.1, 0.15) is 0 Å². The Morgan fingerprint density at radius 3 is 2.18 bits per heavy atom. The van der Waals surface area contributed by atoms with Crippen molar-refractivity contribution in [1.29, 1.82) is 0 Å². The van der Waals surface area contributed by atoms with E-state index in [1.165, 1.54) is 0 Å². The summed E-state index contributed by atoms with van der Waals surface area (Å²) in [5.41, 5.74) is 22.9. The van der Waals surface area contributed by atoms with Crippen LogP contribution in [0.25, 0.3) is 0 Å². The van der Waals surface area contributed by atoms with E-state index >= 15 is 0 Å². The van der Waals surface area contributed by atoms with Crippen molar-refractivity contribution in [3.05, 3.63) is 0 Å². The summed E-state index contributed by atoms with van der Waals surface area (Å²) in [7, 11) is 0. The van der Waals surface area contributed by atoms with Gasteiger partial charge in [-0.3, -0.25) is 23.0 Å². The molecule has 0 aliphatic heterocycles. The van der Waals surface area contributed by atoms with Crippen molar-refractivity contribution in [1.82, 2.24) is 10.7 Å². The largest absolute Gasteiger partial charge is 0.370 e. The van der Waals surface area contributed by atoms with Gasteiger partial charge in [-0.05, 0) is 0 Å². The van der Waals surface area contributed by atoms with E-state index in [1.54, 1.807) is 0 Å². The number of aliphatic imine (C=N–C) groups is 1. The minimum absolute atomic E-state index is 0.0328. The van der Waals surface area contributed by atoms with Crippen LogP contribution in [-0.2, 0) is 0 Å². The molecule has 1 atom stereocenters. The fraction of sp³-hybridized carbons (Fsp3) is 0.667. The summed E-state index contributed by atoms with van der Waals surface area (Å²) in [4.78, 5) is 3.60. The number of hydrogen-bond acceptors (Lipinski definition) is 6. The smallest absolute Gasteiger partial charge is 0.193 e. The molecule has 11 heavy (non-hydrogen) atoms. The Labute approximate surface area is 64.1 Å². The first-order chi connectivity index (χ1) is 5.06. The van der Waals surface area contributed by atoms with E-state index in [2.05, 4.69) is 15.7 Å². The van der Waals surface area contributed by atoms with E-state index in [1.807, 2.05) is 0 Å². The molecule has 0 radical (unpaired) electrons. The summed E-state index contributed by atoms with van der Waals surface area (Å²) in [6.07, 6.45) is -1.52. The molecule has 0 heterocycles. The van der Waals surface area contributed by atoms with Gasteiger partial charge in [0, 0.05) is 0 Å². The van der Waals surface area contributed by atoms with Crippen LogP contribution in [0.5, 0.6) is 0 Å². The number of nitrogens with two attached hydrogens (primary N) is 5. The molecule has 0 bridgehead atoms. The SMILES string of the molecule is NNC(N)N=C(N)NC(N)N. The van der Waals surface area contributed by atoms with E-state index in [4.69, 9.17) is 28.8 Å². The van der Waals surface area contributed by atoms with Crippen LogP contribution < -0.4 is 39.5 Å². The average molecular weight is 162 g/mol. The number of guanidine groups is 1. The Bertz CT molecular complexity index is 129. The van der Waals surface area contributed by atoms with E-state index in [9.17, 15) is 0 Å². The van der Waals surface area contributed by atoms with E-state index in [0.717, 1.165) is 0 Å². The lowest BCUT2D eigenvalue weighted by molar-refractivity contribution is 0.561. The van der Waals surface area contributed by atoms with Crippen molar-refractivity contribution in [3.8, 4) is 0 Å². The Morgan fingerprint density at radius 1 is 1.27 bits per heavy atom. The Hall–Kier alpha value is -0.930. The molecule has 0 rings (SSSR count). The first kappa shape index (κ1) is 10.1. The van der Waals surface area contributed by atoms with E-state index in [-0.39, 0.29) is 5.96 Å². The zero-order valence-electron chi connectivity index (χ0n) is 5.99. The molecular weight excluding hydrogens is 148 g/mol. The summed E-state index contributed by atoms with van der Waals surface area (Å²) in [6, 6.07) is 0. The van der Waals surface area contributed by atoms with Crippen LogP contribution in [0.4, 0.5) is 0 Å². The molecule has 66 valence electrons. The molecule has 0 aromatic rings. The molecule has 0 saturated carbocycles. The third-order valence-electron chi connectivity index (χ3n) is 0.763. The highest BCUT2D eigenvalue weighted by atomic mass is 15.4. The first-order valence-electron chi connectivity index (χ1n) is 2.89. The summed E-state index contributed by atoms with van der Waals surface area (Å²) in [5.74, 6) is 4.96. The van der Waals surface area contributed by atoms with Crippen molar-refractivity contribution in [2.24, 2.45) is 33.8 Å². The zero-order chi connectivity index (χ0) is 8.85. The van der Waals surface area contributed by atoms with Crippen LogP contribution in [0.3, 0.4) is 0 Å². The highest BCUT2D eigenvalue weighted by Crippen LogP contribution is 1.69. The molecule has 8 nitrogen and oxygen atoms in total. The Morgan fingerprint density at radius 2 is 1.82 bits per heavy atom. The van der Waals surface area contributed by atoms with Gasteiger partial charge >= 0.3 is 0 Å². The predicted molar refractivity (Wildman–Crippen MR) is 42.2 cm³/mol. The molecule has 12 N–H and O–H groups in total. The molecule has 0 aliphatic rings. The Kier molecular flexibility index (Phi) is 4.41. The average Bonchev–Trinajstić information content (AvgIpc) is 1.85. The van der Waals surface area contributed by atoms with Gasteiger partial charge in [0.15, 0.2) is 12.2 Å². The zero-order valence-corrected chi connectivity index (χ0v) is 5.99. The molecular formula is C3H14N8. The molecule has 0 fully saturated rings. The van der Waals surface area contributed by atoms with Gasteiger partial charge in [0.25, 0.3) is 0 Å². The molecule has 0 spiro atoms. The van der Waals surface area contributed by atoms with Gasteiger partial charge in [0.2, 0.25) is 0 Å². The van der Waals surface area contributed by atoms with Gasteiger partial charge in [-0.1, -0.05) is 0 Å². The fourth-order valence-electron chi connectivity index (χ4n) is 0.395. The Balaban J connectivity index is 3.79. The van der Waals surface area contributed by atoms with Gasteiger partial charge in [-0.2, -0.15) is 0 Å². The summed E-state index contributed by atoms with van der Waals surface area (Å²) in [6.45, 7) is 0. The lowest BCUT2D eigenvalue weighted by Gasteiger charge is -2.10. The van der Waals surface area contributed by atoms with Crippen LogP contribution >= 0.6 is 0 Å². The molecule has 0 aromatic carbocycles. The summed E-state index contributed by atoms with van der Waals surface area (Å²) in [5, 5.41) is 2.42. The van der Waals surface area contributed by atoms with Crippen LogP contribution in [0, 0.1) is 0 Å². The van der Waals surface area contributed by atoms with Gasteiger partial charge in [-0.15, -0.1) is 0 Å². The summed E-state index contributed by atoms with van der Waals surface area (Å²) < 4.78 is 0. The maximum absolute atomic E-state index is 5.25. The first-order valence-corrected chi connectivity index (χ1v) is 2.89. The maximum atomic E-state index is 5.25. The van der Waals surface area contributed by atoms with Crippen molar-refractivity contribution in [3.63, 3.8) is 0 Å². The standard InChI is InChI=1S/C3H14N8/c4-1(5)9-2(6)10-3(7)11-8/h1,3,11H,4-5,7-8H2,(H3,6,9,10). The molecule has 0 aliphatic carbocycles. The van der Waals surface area contributed by atoms with Crippen LogP contribution in [0.2, 0.25) is 0 Å². The number of rotatable bonds is 3. The normalized spacial score (nSPS) is 15.2. The van der Waals surface area contributed by atoms with Crippen molar-refractivity contribution >= 4 is 5.96 Å². The van der Waals surface area contributed by atoms with Crippen LogP contribution in [0.15, 0.2) is 4.99 Å². The number of nitrogens with zero attached hydrogens (tertiary/aromatic N) is 1. The molecule has 1 unspecified atom stereocenters. The summed E-state index contributed by atoms with van der Waals surface area (Å²) >= 11 is 0. The van der Waals surface area contributed by atoms with Crippen molar-refractivity contribution < 1.29 is 0 Å². The second kappa shape index (κ2) is 4.82. The van der Waals surface area contributed by atoms with Gasteiger partial charge < -0.3 is 11.1 Å². The van der Waals surface area contributed by atoms with Crippen LogP contribution in [-0.4, -0.2) is 18.5 Å². The number of nitrogens with one attached hydrogen (secondary N) is 2. The predicted octanol–water partition coefficient (Wildman–Crippen LogP) is -4.20. The van der Waals surface area contributed by atoms with E-state index < -0.39 is 12.6 Å². The minimum atomic E-state index is -0.763. The molecule has 0 aromatic heterocycles. The van der Waals surface area contributed by atoms with Gasteiger partial charge in [0.1, 0.15) is 6.29 Å². The number of hydrazine groups is 1. The second-order valence-corrected chi connectivity index (χ2v) is 1.80. The second-order valence-electron chi connectivity index (χ2n) is 1.80. The molecule has 0 saturated heterocycles. The quantitative estimate of drug-likeness (QED) is 0.0725. The third kappa shape index (κ3) is 5.51. The van der Waals surface area contributed by atoms with Gasteiger partial charge in [-0.25, -0.2) is 10.4 Å². The fourth-order valence-corrected chi connectivity index (χ4v) is 0.395. The molecule has 0 amide bonds. The lowest BCUT2D eigenvalue weighted by Crippen LogP contribution is -2.52. The van der Waals surface area contributed by atoms with Crippen molar-refractivity contribution in [2.45, 2.75) is 12.6 Å². The highest BCUT2D eigenvalue weighted by Gasteiger charge is 1.97. The lowest BCUT2D eigenvalue weighted by atomic mass is 10.8. The van der Waals surface area contributed by atoms with E-state index in [0.29, 0.717) is 0 Å². The van der Waals surface area contributed by atoms with Gasteiger partial charge in [0.05, 0.1) is 0 Å². The maximum Gasteiger partial charge on any atom is 0.193 e. The third-order valence-corrected chi connectivity index (χ3v) is 0.763. The highest BCUT2D eigenvalue weighted by molar-refractivity contribution is 5.78. The molecule has 8 heteroatoms.